The van der Waals surface area contributed by atoms with Gasteiger partial charge in [-0.2, -0.15) is 42.8 Å². The van der Waals surface area contributed by atoms with Crippen LogP contribution in [0.3, 0.4) is 0 Å². The Balaban J connectivity index is 0.00000121. The van der Waals surface area contributed by atoms with Crippen LogP contribution < -0.4 is 0 Å². The van der Waals surface area contributed by atoms with Crippen molar-refractivity contribution >= 4 is 0 Å². The largest absolute Gasteiger partial charge is 2.00 e. The second-order valence-electron chi connectivity index (χ2n) is 2.59. The normalized spacial score (nSPS) is 10.7. The third-order valence-corrected chi connectivity index (χ3v) is 1.66. The minimum Gasteiger partial charge on any atom is -0.500 e. The van der Waals surface area contributed by atoms with Crippen molar-refractivity contribution in [2.45, 2.75) is 20.3 Å². The molecule has 61 valence electrons. The van der Waals surface area contributed by atoms with Crippen LogP contribution in [0.4, 0.5) is 0 Å². The molecular formula is C11H12V. The molecule has 1 heteroatoms. The maximum atomic E-state index is 3.17. The van der Waals surface area contributed by atoms with Gasteiger partial charge in [-0.15, -0.1) is 0 Å². The van der Waals surface area contributed by atoms with Crippen LogP contribution in [0, 0.1) is 12.1 Å². The van der Waals surface area contributed by atoms with Crippen LogP contribution in [0.15, 0.2) is 29.8 Å². The molecule has 0 fully saturated rings. The van der Waals surface area contributed by atoms with Crippen molar-refractivity contribution in [3.63, 3.8) is 0 Å². The Labute approximate surface area is 86.6 Å². The average molecular weight is 195 g/mol. The van der Waals surface area contributed by atoms with Gasteiger partial charge in [-0.25, -0.2) is 0 Å². The number of allylic oxidation sites excluding steroid dienone is 2. The van der Waals surface area contributed by atoms with Crippen LogP contribution in [0.1, 0.15) is 19.4 Å². The van der Waals surface area contributed by atoms with Gasteiger partial charge in [-0.1, -0.05) is 13.3 Å². The van der Waals surface area contributed by atoms with Crippen LogP contribution in [0.2, 0.25) is 0 Å². The molecule has 0 saturated heterocycles. The summed E-state index contributed by atoms with van der Waals surface area (Å²) in [6.45, 7) is 4.03. The molecule has 0 nitrogen and oxygen atoms in total. The summed E-state index contributed by atoms with van der Waals surface area (Å²) in [5.41, 5.74) is 2.51. The van der Waals surface area contributed by atoms with E-state index in [1.54, 1.807) is 0 Å². The zero-order chi connectivity index (χ0) is 8.10. The predicted molar refractivity (Wildman–Crippen MR) is 47.1 cm³/mol. The van der Waals surface area contributed by atoms with Gasteiger partial charge >= 0.3 is 18.6 Å². The number of hydrogen-bond donors (Lipinski definition) is 0. The Morgan fingerprint density at radius 1 is 1.50 bits per heavy atom. The van der Waals surface area contributed by atoms with E-state index < -0.39 is 0 Å². The molecule has 0 heterocycles. The Kier molecular flexibility index (Phi) is 5.87. The average Bonchev–Trinajstić information content (AvgIpc) is 2.06. The van der Waals surface area contributed by atoms with Gasteiger partial charge in [0.15, 0.2) is 0 Å². The second kappa shape index (κ2) is 6.10. The van der Waals surface area contributed by atoms with Gasteiger partial charge in [0.1, 0.15) is 0 Å². The molecule has 12 heavy (non-hydrogen) atoms. The molecule has 0 aliphatic carbocycles. The first-order valence-electron chi connectivity index (χ1n) is 3.78. The molecule has 1 aromatic carbocycles. The molecule has 0 saturated carbocycles. The van der Waals surface area contributed by atoms with Crippen LogP contribution in [0.25, 0.3) is 0 Å². The summed E-state index contributed by atoms with van der Waals surface area (Å²) >= 11 is 0. The van der Waals surface area contributed by atoms with Gasteiger partial charge in [0.2, 0.25) is 0 Å². The van der Waals surface area contributed by atoms with Gasteiger partial charge in [0.05, 0.1) is 0 Å². The Morgan fingerprint density at radius 2 is 2.25 bits per heavy atom. The zero-order valence-corrected chi connectivity index (χ0v) is 8.86. The fraction of sp³-hybridized carbons (Fsp3) is 0.273. The van der Waals surface area contributed by atoms with Crippen molar-refractivity contribution in [3.05, 3.63) is 47.5 Å². The standard InChI is InChI=1S/C11H12.V/c1-3-10(2)9-11-7-5-4-6-8-11;/h4-7H,9H2,1-2H3;/q-2;+2. The van der Waals surface area contributed by atoms with E-state index in [4.69, 9.17) is 0 Å². The van der Waals surface area contributed by atoms with Gasteiger partial charge in [0.25, 0.3) is 0 Å². The zero-order valence-electron chi connectivity index (χ0n) is 7.46. The van der Waals surface area contributed by atoms with Crippen LogP contribution in [-0.2, 0) is 25.0 Å². The summed E-state index contributed by atoms with van der Waals surface area (Å²) in [4.78, 5) is 0. The molecule has 1 aromatic rings. The monoisotopic (exact) mass is 195 g/mol. The van der Waals surface area contributed by atoms with E-state index in [2.05, 4.69) is 25.1 Å². The number of rotatable bonds is 2. The molecule has 0 atom stereocenters. The summed E-state index contributed by atoms with van der Waals surface area (Å²) in [6.07, 6.45) is 4.08. The predicted octanol–water partition coefficient (Wildman–Crippen LogP) is 2.80. The fourth-order valence-corrected chi connectivity index (χ4v) is 0.915. The molecule has 0 aromatic heterocycles. The van der Waals surface area contributed by atoms with E-state index in [0.717, 1.165) is 6.42 Å². The van der Waals surface area contributed by atoms with Crippen molar-refractivity contribution in [2.75, 3.05) is 0 Å². The van der Waals surface area contributed by atoms with Crippen LogP contribution in [0.5, 0.6) is 0 Å². The number of hydrogen-bond acceptors (Lipinski definition) is 0. The molecule has 0 unspecified atom stereocenters. The number of benzene rings is 1. The third-order valence-electron chi connectivity index (χ3n) is 1.66. The van der Waals surface area contributed by atoms with Crippen LogP contribution in [-0.4, -0.2) is 0 Å². The smallest absolute Gasteiger partial charge is 0.500 e. The van der Waals surface area contributed by atoms with Crippen molar-refractivity contribution in [1.82, 2.24) is 0 Å². The fourth-order valence-electron chi connectivity index (χ4n) is 0.915. The minimum absolute atomic E-state index is 0. The van der Waals surface area contributed by atoms with Crippen molar-refractivity contribution in [2.24, 2.45) is 0 Å². The second-order valence-corrected chi connectivity index (χ2v) is 2.59. The summed E-state index contributed by atoms with van der Waals surface area (Å²) in [6, 6.07) is 11.2. The Hall–Kier alpha value is -0.456. The molecular weight excluding hydrogens is 183 g/mol. The molecule has 0 spiro atoms. The van der Waals surface area contributed by atoms with E-state index in [1.807, 2.05) is 25.1 Å². The molecule has 1 radical (unpaired) electrons. The first-order chi connectivity index (χ1) is 5.33. The van der Waals surface area contributed by atoms with E-state index in [-0.39, 0.29) is 18.6 Å². The summed E-state index contributed by atoms with van der Waals surface area (Å²) in [5, 5.41) is 0. The molecule has 1 rings (SSSR count). The van der Waals surface area contributed by atoms with E-state index in [9.17, 15) is 0 Å². The molecule has 0 bridgehead atoms. The van der Waals surface area contributed by atoms with Crippen molar-refractivity contribution < 1.29 is 18.6 Å². The first kappa shape index (κ1) is 11.5. The quantitative estimate of drug-likeness (QED) is 0.636. The molecule has 0 amide bonds. The molecule has 0 aliphatic rings. The van der Waals surface area contributed by atoms with Crippen molar-refractivity contribution in [3.8, 4) is 0 Å². The van der Waals surface area contributed by atoms with Crippen molar-refractivity contribution in [1.29, 1.82) is 0 Å². The van der Waals surface area contributed by atoms with Gasteiger partial charge in [0, 0.05) is 0 Å². The molecule has 0 N–H and O–H groups in total. The Bertz CT molecular complexity index is 236. The summed E-state index contributed by atoms with van der Waals surface area (Å²) in [5.74, 6) is 0. The molecule has 0 aliphatic heterocycles. The SMILES string of the molecule is C[C-]=C(C)Cc1[c-]cccc1.[V+2]. The van der Waals surface area contributed by atoms with Gasteiger partial charge in [-0.05, 0) is 0 Å². The maximum Gasteiger partial charge on any atom is 2.00 e. The van der Waals surface area contributed by atoms with E-state index in [0.29, 0.717) is 0 Å². The van der Waals surface area contributed by atoms with Crippen LogP contribution >= 0.6 is 0 Å². The minimum atomic E-state index is 0. The summed E-state index contributed by atoms with van der Waals surface area (Å²) in [7, 11) is 0. The van der Waals surface area contributed by atoms with E-state index >= 15 is 0 Å². The van der Waals surface area contributed by atoms with Gasteiger partial charge in [-0.3, -0.25) is 5.57 Å². The third kappa shape index (κ3) is 3.80. The Morgan fingerprint density at radius 3 is 2.75 bits per heavy atom. The van der Waals surface area contributed by atoms with E-state index in [1.165, 1.54) is 11.1 Å². The summed E-state index contributed by atoms with van der Waals surface area (Å²) < 4.78 is 0. The van der Waals surface area contributed by atoms with Gasteiger partial charge < -0.3 is 6.08 Å². The maximum absolute atomic E-state index is 3.17. The first-order valence-corrected chi connectivity index (χ1v) is 3.78. The topological polar surface area (TPSA) is 0 Å².